The standard InChI is InChI=1S/C19H25N7O3S/c1-6-25(7-2)30(28,29)16-11-18(24(5)12-16)19(27)20-15-9-8-13(3)17(10-15)26-14(4)21-22-23-26/h8-12H,6-7H2,1-5H3,(H,20,27). The Bertz CT molecular complexity index is 1180. The van der Waals surface area contributed by atoms with Crippen molar-refractivity contribution in [1.82, 2.24) is 29.1 Å². The smallest absolute Gasteiger partial charge is 0.272 e. The van der Waals surface area contributed by atoms with Gasteiger partial charge in [-0.1, -0.05) is 19.9 Å². The molecule has 0 fully saturated rings. The third-order valence-electron chi connectivity index (χ3n) is 4.88. The van der Waals surface area contributed by atoms with Gasteiger partial charge >= 0.3 is 0 Å². The summed E-state index contributed by atoms with van der Waals surface area (Å²) in [5.74, 6) is 0.206. The summed E-state index contributed by atoms with van der Waals surface area (Å²) in [5.41, 5.74) is 2.47. The lowest BCUT2D eigenvalue weighted by atomic mass is 10.1. The summed E-state index contributed by atoms with van der Waals surface area (Å²) in [6.07, 6.45) is 1.45. The number of aromatic nitrogens is 5. The van der Waals surface area contributed by atoms with Crippen LogP contribution < -0.4 is 5.32 Å². The number of nitrogens with one attached hydrogen (secondary N) is 1. The van der Waals surface area contributed by atoms with Crippen LogP contribution in [0.3, 0.4) is 0 Å². The molecule has 0 spiro atoms. The van der Waals surface area contributed by atoms with E-state index in [1.807, 2.05) is 13.0 Å². The van der Waals surface area contributed by atoms with Crippen molar-refractivity contribution in [3.05, 3.63) is 47.5 Å². The molecule has 1 amide bonds. The lowest BCUT2D eigenvalue weighted by molar-refractivity contribution is 0.101. The lowest BCUT2D eigenvalue weighted by Crippen LogP contribution is -2.30. The molecule has 0 bridgehead atoms. The Morgan fingerprint density at radius 1 is 1.17 bits per heavy atom. The van der Waals surface area contributed by atoms with E-state index in [0.29, 0.717) is 24.6 Å². The zero-order chi connectivity index (χ0) is 22.1. The van der Waals surface area contributed by atoms with Crippen LogP contribution in [0.15, 0.2) is 35.4 Å². The molecule has 2 aromatic heterocycles. The highest BCUT2D eigenvalue weighted by Gasteiger charge is 2.25. The molecule has 11 heteroatoms. The minimum absolute atomic E-state index is 0.0905. The second-order valence-electron chi connectivity index (χ2n) is 6.85. The molecule has 2 heterocycles. The monoisotopic (exact) mass is 431 g/mol. The van der Waals surface area contributed by atoms with E-state index in [1.54, 1.807) is 44.6 Å². The van der Waals surface area contributed by atoms with Crippen molar-refractivity contribution in [2.75, 3.05) is 18.4 Å². The molecule has 1 aromatic carbocycles. The van der Waals surface area contributed by atoms with E-state index in [4.69, 9.17) is 0 Å². The molecule has 0 radical (unpaired) electrons. The third-order valence-corrected chi connectivity index (χ3v) is 6.89. The Morgan fingerprint density at radius 2 is 1.87 bits per heavy atom. The fourth-order valence-corrected chi connectivity index (χ4v) is 4.71. The first-order valence-corrected chi connectivity index (χ1v) is 11.0. The van der Waals surface area contributed by atoms with E-state index in [9.17, 15) is 13.2 Å². The number of benzene rings is 1. The molecule has 30 heavy (non-hydrogen) atoms. The van der Waals surface area contributed by atoms with Crippen molar-refractivity contribution in [2.24, 2.45) is 7.05 Å². The van der Waals surface area contributed by atoms with Crippen molar-refractivity contribution < 1.29 is 13.2 Å². The van der Waals surface area contributed by atoms with E-state index < -0.39 is 15.9 Å². The van der Waals surface area contributed by atoms with Crippen molar-refractivity contribution in [3.63, 3.8) is 0 Å². The van der Waals surface area contributed by atoms with Gasteiger partial charge in [-0.25, -0.2) is 8.42 Å². The van der Waals surface area contributed by atoms with Crippen LogP contribution in [-0.4, -0.2) is 56.5 Å². The highest BCUT2D eigenvalue weighted by atomic mass is 32.2. The molecule has 0 aliphatic rings. The average Bonchev–Trinajstić information content (AvgIpc) is 3.30. The van der Waals surface area contributed by atoms with Crippen molar-refractivity contribution in [3.8, 4) is 5.69 Å². The number of hydrogen-bond donors (Lipinski definition) is 1. The van der Waals surface area contributed by atoms with Crippen LogP contribution in [0, 0.1) is 13.8 Å². The maximum absolute atomic E-state index is 12.8. The first-order valence-electron chi connectivity index (χ1n) is 9.52. The summed E-state index contributed by atoms with van der Waals surface area (Å²) in [6.45, 7) is 7.98. The number of rotatable bonds is 7. The van der Waals surface area contributed by atoms with E-state index in [2.05, 4.69) is 20.8 Å². The predicted octanol–water partition coefficient (Wildman–Crippen LogP) is 1.90. The minimum atomic E-state index is -3.65. The number of hydrogen-bond acceptors (Lipinski definition) is 6. The van der Waals surface area contributed by atoms with Crippen LogP contribution in [0.1, 0.15) is 35.7 Å². The second kappa shape index (κ2) is 8.36. The molecular formula is C19H25N7O3S. The Labute approximate surface area is 175 Å². The summed E-state index contributed by atoms with van der Waals surface area (Å²) in [5, 5.41) is 14.3. The number of carbonyl (C=O) groups is 1. The van der Waals surface area contributed by atoms with Crippen molar-refractivity contribution in [2.45, 2.75) is 32.6 Å². The number of amides is 1. The number of nitrogens with zero attached hydrogens (tertiary/aromatic N) is 6. The van der Waals surface area contributed by atoms with E-state index in [0.717, 1.165) is 11.3 Å². The van der Waals surface area contributed by atoms with Gasteiger partial charge in [-0.05, 0) is 48.0 Å². The second-order valence-corrected chi connectivity index (χ2v) is 8.79. The van der Waals surface area contributed by atoms with E-state index >= 15 is 0 Å². The summed E-state index contributed by atoms with van der Waals surface area (Å²) >= 11 is 0. The zero-order valence-corrected chi connectivity index (χ0v) is 18.4. The van der Waals surface area contributed by atoms with Crippen LogP contribution in [0.5, 0.6) is 0 Å². The molecule has 160 valence electrons. The van der Waals surface area contributed by atoms with Crippen molar-refractivity contribution in [1.29, 1.82) is 0 Å². The van der Waals surface area contributed by atoms with Crippen LogP contribution >= 0.6 is 0 Å². The van der Waals surface area contributed by atoms with Crippen molar-refractivity contribution >= 4 is 21.6 Å². The molecular weight excluding hydrogens is 406 g/mol. The Kier molecular flexibility index (Phi) is 6.04. The fourth-order valence-electron chi connectivity index (χ4n) is 3.18. The zero-order valence-electron chi connectivity index (χ0n) is 17.6. The molecule has 3 aromatic rings. The minimum Gasteiger partial charge on any atom is -0.345 e. The molecule has 0 unspecified atom stereocenters. The van der Waals surface area contributed by atoms with Gasteiger partial charge in [-0.2, -0.15) is 8.99 Å². The molecule has 0 atom stereocenters. The van der Waals surface area contributed by atoms with E-state index in [1.165, 1.54) is 21.1 Å². The van der Waals surface area contributed by atoms with Gasteiger partial charge in [0.05, 0.1) is 5.69 Å². The van der Waals surface area contributed by atoms with Gasteiger partial charge in [-0.15, -0.1) is 5.10 Å². The Balaban J connectivity index is 1.89. The molecule has 3 rings (SSSR count). The summed E-state index contributed by atoms with van der Waals surface area (Å²) < 4.78 is 29.9. The predicted molar refractivity (Wildman–Crippen MR) is 112 cm³/mol. The molecule has 0 aliphatic heterocycles. The van der Waals surface area contributed by atoms with Gasteiger partial charge in [0, 0.05) is 32.0 Å². The fraction of sp³-hybridized carbons (Fsp3) is 0.368. The maximum Gasteiger partial charge on any atom is 0.272 e. The van der Waals surface area contributed by atoms with Gasteiger partial charge < -0.3 is 9.88 Å². The largest absolute Gasteiger partial charge is 0.345 e. The molecule has 0 saturated heterocycles. The van der Waals surface area contributed by atoms with Crippen LogP contribution in [0.25, 0.3) is 5.69 Å². The first kappa shape index (κ1) is 21.7. The number of carbonyl (C=O) groups excluding carboxylic acids is 1. The van der Waals surface area contributed by atoms with E-state index in [-0.39, 0.29) is 10.6 Å². The summed E-state index contributed by atoms with van der Waals surface area (Å²) in [6, 6.07) is 6.79. The number of sulfonamides is 1. The molecule has 1 N–H and O–H groups in total. The van der Waals surface area contributed by atoms with Gasteiger partial charge in [-0.3, -0.25) is 4.79 Å². The maximum atomic E-state index is 12.8. The number of aryl methyl sites for hydroxylation is 3. The highest BCUT2D eigenvalue weighted by molar-refractivity contribution is 7.89. The summed E-state index contributed by atoms with van der Waals surface area (Å²) in [7, 11) is -2.01. The Hall–Kier alpha value is -3.05. The molecule has 10 nitrogen and oxygen atoms in total. The topological polar surface area (TPSA) is 115 Å². The first-order chi connectivity index (χ1) is 14.2. The average molecular weight is 432 g/mol. The summed E-state index contributed by atoms with van der Waals surface area (Å²) in [4.78, 5) is 12.9. The third kappa shape index (κ3) is 3.98. The van der Waals surface area contributed by atoms with Crippen LogP contribution in [-0.2, 0) is 17.1 Å². The van der Waals surface area contributed by atoms with Gasteiger partial charge in [0.1, 0.15) is 10.6 Å². The Morgan fingerprint density at radius 3 is 2.47 bits per heavy atom. The SMILES string of the molecule is CCN(CC)S(=O)(=O)c1cc(C(=O)Nc2ccc(C)c(-n3nnnc3C)c2)n(C)c1. The van der Waals surface area contributed by atoms with Gasteiger partial charge in [0.25, 0.3) is 5.91 Å². The number of anilines is 1. The van der Waals surface area contributed by atoms with Gasteiger partial charge in [0.2, 0.25) is 10.0 Å². The normalized spacial score (nSPS) is 11.8. The van der Waals surface area contributed by atoms with Crippen LogP contribution in [0.4, 0.5) is 5.69 Å². The van der Waals surface area contributed by atoms with Gasteiger partial charge in [0.15, 0.2) is 5.82 Å². The highest BCUT2D eigenvalue weighted by Crippen LogP contribution is 2.22. The molecule has 0 saturated carbocycles. The quantitative estimate of drug-likeness (QED) is 0.611. The number of tetrazole rings is 1. The molecule has 0 aliphatic carbocycles. The lowest BCUT2D eigenvalue weighted by Gasteiger charge is -2.17. The van der Waals surface area contributed by atoms with Crippen LogP contribution in [0.2, 0.25) is 0 Å².